The van der Waals surface area contributed by atoms with Crippen molar-refractivity contribution in [3.05, 3.63) is 71.8 Å². The van der Waals surface area contributed by atoms with Crippen molar-refractivity contribution >= 4 is 12.2 Å². The Hall–Kier alpha value is -2.77. The Morgan fingerprint density at radius 3 is 1.50 bits per heavy atom. The highest BCUT2D eigenvalue weighted by atomic mass is 35.5. The number of halogens is 1. The van der Waals surface area contributed by atoms with E-state index < -0.39 is 12.2 Å². The summed E-state index contributed by atoms with van der Waals surface area (Å²) in [6, 6.07) is 19.0. The Morgan fingerprint density at radius 2 is 1.11 bits per heavy atom. The van der Waals surface area contributed by atoms with E-state index in [4.69, 9.17) is 9.47 Å². The van der Waals surface area contributed by atoms with E-state index in [2.05, 4.69) is 10.6 Å². The fraction of sp³-hybridized carbons (Fsp3) is 0.300. The molecule has 2 amide bonds. The van der Waals surface area contributed by atoms with Gasteiger partial charge in [-0.15, -0.1) is 0 Å². The molecule has 0 aliphatic rings. The number of nitrogens with one attached hydrogen (secondary N) is 2. The number of rotatable bonds is 10. The maximum absolute atomic E-state index is 11.6. The van der Waals surface area contributed by atoms with Crippen LogP contribution >= 0.6 is 0 Å². The lowest BCUT2D eigenvalue weighted by Crippen LogP contribution is -3.00. The number of nitrogens with two attached hydrogens (primary N) is 1. The SMILES string of the molecule is O=C(NCC[NH2+]CCNC(=O)OCc1ccccc1)OCc1ccccc1.[Cl-]. The fourth-order valence-corrected chi connectivity index (χ4v) is 2.25. The number of hydrogen-bond donors (Lipinski definition) is 3. The van der Waals surface area contributed by atoms with Gasteiger partial charge in [0.25, 0.3) is 0 Å². The molecule has 0 atom stereocenters. The zero-order chi connectivity index (χ0) is 19.2. The van der Waals surface area contributed by atoms with Crippen molar-refractivity contribution in [3.8, 4) is 0 Å². The average Bonchev–Trinajstić information content (AvgIpc) is 2.71. The summed E-state index contributed by atoms with van der Waals surface area (Å²) in [4.78, 5) is 23.1. The topological polar surface area (TPSA) is 93.3 Å². The molecule has 28 heavy (non-hydrogen) atoms. The van der Waals surface area contributed by atoms with E-state index in [0.29, 0.717) is 26.2 Å². The lowest BCUT2D eigenvalue weighted by atomic mass is 10.2. The van der Waals surface area contributed by atoms with Crippen LogP contribution in [0.15, 0.2) is 60.7 Å². The van der Waals surface area contributed by atoms with Gasteiger partial charge in [0.15, 0.2) is 0 Å². The molecule has 152 valence electrons. The first-order chi connectivity index (χ1) is 13.2. The predicted molar refractivity (Wildman–Crippen MR) is 101 cm³/mol. The Labute approximate surface area is 171 Å². The molecule has 0 heterocycles. The van der Waals surface area contributed by atoms with Crippen molar-refractivity contribution < 1.29 is 36.8 Å². The summed E-state index contributed by atoms with van der Waals surface area (Å²) >= 11 is 0. The lowest BCUT2D eigenvalue weighted by Gasteiger charge is -2.08. The number of benzene rings is 2. The first kappa shape index (κ1) is 23.3. The second-order valence-corrected chi connectivity index (χ2v) is 5.84. The maximum Gasteiger partial charge on any atom is 0.407 e. The molecule has 0 aliphatic heterocycles. The van der Waals surface area contributed by atoms with E-state index in [1.807, 2.05) is 66.0 Å². The van der Waals surface area contributed by atoms with E-state index in [-0.39, 0.29) is 25.6 Å². The van der Waals surface area contributed by atoms with Gasteiger partial charge >= 0.3 is 12.2 Å². The standard InChI is InChI=1S/C20H25N3O4.ClH/c24-19(26-15-17-7-3-1-4-8-17)22-13-11-21-12-14-23-20(25)27-16-18-9-5-2-6-10-18;/h1-10,21H,11-16H2,(H,22,24)(H,23,25);1H. The second kappa shape index (κ2) is 14.3. The van der Waals surface area contributed by atoms with Crippen molar-refractivity contribution in [3.63, 3.8) is 0 Å². The van der Waals surface area contributed by atoms with Crippen molar-refractivity contribution in [1.29, 1.82) is 0 Å². The Balaban J connectivity index is 0.00000392. The molecule has 0 spiro atoms. The highest BCUT2D eigenvalue weighted by Gasteiger charge is 2.04. The lowest BCUT2D eigenvalue weighted by molar-refractivity contribution is -0.651. The van der Waals surface area contributed by atoms with Gasteiger partial charge in [-0.2, -0.15) is 0 Å². The van der Waals surface area contributed by atoms with Crippen LogP contribution in [-0.2, 0) is 22.7 Å². The molecule has 8 heteroatoms. The van der Waals surface area contributed by atoms with Crippen molar-refractivity contribution in [2.45, 2.75) is 13.2 Å². The fourth-order valence-electron chi connectivity index (χ4n) is 2.25. The Bertz CT molecular complexity index is 627. The number of carbonyl (C=O) groups excluding carboxylic acids is 2. The molecular weight excluding hydrogens is 382 g/mol. The van der Waals surface area contributed by atoms with Crippen LogP contribution in [0.5, 0.6) is 0 Å². The third-order valence-electron chi connectivity index (χ3n) is 3.66. The van der Waals surface area contributed by atoms with Gasteiger partial charge < -0.3 is 37.8 Å². The van der Waals surface area contributed by atoms with E-state index >= 15 is 0 Å². The summed E-state index contributed by atoms with van der Waals surface area (Å²) in [5, 5.41) is 7.37. The number of amides is 2. The van der Waals surface area contributed by atoms with Gasteiger partial charge in [-0.05, 0) is 11.1 Å². The summed E-state index contributed by atoms with van der Waals surface area (Å²) in [7, 11) is 0. The molecule has 0 bridgehead atoms. The molecule has 4 N–H and O–H groups in total. The third kappa shape index (κ3) is 10.4. The summed E-state index contributed by atoms with van der Waals surface area (Å²) in [5.41, 5.74) is 1.90. The van der Waals surface area contributed by atoms with Gasteiger partial charge in [-0.25, -0.2) is 9.59 Å². The van der Waals surface area contributed by atoms with Crippen LogP contribution in [0, 0.1) is 0 Å². The van der Waals surface area contributed by atoms with Crippen LogP contribution < -0.4 is 28.4 Å². The number of alkyl carbamates (subject to hydrolysis) is 2. The first-order valence-corrected chi connectivity index (χ1v) is 8.95. The van der Waals surface area contributed by atoms with E-state index in [1.165, 1.54) is 0 Å². The molecule has 0 radical (unpaired) electrons. The second-order valence-electron chi connectivity index (χ2n) is 5.84. The van der Waals surface area contributed by atoms with Crippen LogP contribution in [0.25, 0.3) is 0 Å². The molecule has 2 aromatic carbocycles. The predicted octanol–water partition coefficient (Wildman–Crippen LogP) is -1.59. The van der Waals surface area contributed by atoms with E-state index in [1.54, 1.807) is 0 Å². The van der Waals surface area contributed by atoms with E-state index in [0.717, 1.165) is 11.1 Å². The molecular formula is C20H26ClN3O4. The van der Waals surface area contributed by atoms with Crippen LogP contribution in [0.4, 0.5) is 9.59 Å². The van der Waals surface area contributed by atoms with Crippen molar-refractivity contribution in [1.82, 2.24) is 10.6 Å². The van der Waals surface area contributed by atoms with Gasteiger partial charge in [-0.3, -0.25) is 0 Å². The first-order valence-electron chi connectivity index (χ1n) is 8.95. The zero-order valence-corrected chi connectivity index (χ0v) is 16.4. The zero-order valence-electron chi connectivity index (χ0n) is 15.6. The quantitative estimate of drug-likeness (QED) is 0.414. The highest BCUT2D eigenvalue weighted by Crippen LogP contribution is 2.01. The van der Waals surface area contributed by atoms with Crippen molar-refractivity contribution in [2.75, 3.05) is 26.2 Å². The summed E-state index contributed by atoms with van der Waals surface area (Å²) in [6.45, 7) is 2.89. The molecule has 2 rings (SSSR count). The van der Waals surface area contributed by atoms with Gasteiger partial charge in [0.05, 0.1) is 26.2 Å². The molecule has 0 saturated heterocycles. The normalized spacial score (nSPS) is 9.71. The molecule has 7 nitrogen and oxygen atoms in total. The Kier molecular flexibility index (Phi) is 11.9. The minimum Gasteiger partial charge on any atom is -1.00 e. The van der Waals surface area contributed by atoms with Crippen LogP contribution in [-0.4, -0.2) is 38.4 Å². The molecule has 0 aliphatic carbocycles. The molecule has 0 saturated carbocycles. The minimum absolute atomic E-state index is 0. The summed E-state index contributed by atoms with van der Waals surface area (Å²) in [5.74, 6) is 0. The number of hydrogen-bond acceptors (Lipinski definition) is 4. The number of carbonyl (C=O) groups is 2. The summed E-state index contributed by atoms with van der Waals surface area (Å²) < 4.78 is 10.2. The molecule has 0 fully saturated rings. The van der Waals surface area contributed by atoms with Crippen LogP contribution in [0.2, 0.25) is 0 Å². The van der Waals surface area contributed by atoms with Crippen molar-refractivity contribution in [2.24, 2.45) is 0 Å². The van der Waals surface area contributed by atoms with Gasteiger partial charge in [-0.1, -0.05) is 60.7 Å². The Morgan fingerprint density at radius 1 is 0.714 bits per heavy atom. The number of quaternary nitrogens is 1. The number of ether oxygens (including phenoxy) is 2. The van der Waals surface area contributed by atoms with E-state index in [9.17, 15) is 9.59 Å². The van der Waals surface area contributed by atoms with Crippen LogP contribution in [0.1, 0.15) is 11.1 Å². The monoisotopic (exact) mass is 407 g/mol. The molecule has 0 unspecified atom stereocenters. The van der Waals surface area contributed by atoms with Crippen LogP contribution in [0.3, 0.4) is 0 Å². The van der Waals surface area contributed by atoms with Gasteiger partial charge in [0, 0.05) is 0 Å². The molecule has 0 aromatic heterocycles. The average molecular weight is 408 g/mol. The molecule has 2 aromatic rings. The smallest absolute Gasteiger partial charge is 0.407 e. The van der Waals surface area contributed by atoms with Gasteiger partial charge in [0.1, 0.15) is 13.2 Å². The minimum atomic E-state index is -0.435. The third-order valence-corrected chi connectivity index (χ3v) is 3.66. The maximum atomic E-state index is 11.6. The largest absolute Gasteiger partial charge is 1.00 e. The van der Waals surface area contributed by atoms with Gasteiger partial charge in [0.2, 0.25) is 0 Å². The summed E-state index contributed by atoms with van der Waals surface area (Å²) in [6.07, 6.45) is -0.871. The highest BCUT2D eigenvalue weighted by molar-refractivity contribution is 5.67.